The van der Waals surface area contributed by atoms with Crippen LogP contribution in [-0.4, -0.2) is 27.6 Å². The summed E-state index contributed by atoms with van der Waals surface area (Å²) < 4.78 is 1.67. The monoisotopic (exact) mass is 286 g/mol. The van der Waals surface area contributed by atoms with Crippen LogP contribution in [0.5, 0.6) is 0 Å². The van der Waals surface area contributed by atoms with Crippen molar-refractivity contribution in [3.05, 3.63) is 46.8 Å². The second-order valence-electron chi connectivity index (χ2n) is 5.25. The first kappa shape index (κ1) is 15.1. The maximum atomic E-state index is 12.7. The predicted octanol–water partition coefficient (Wildman–Crippen LogP) is 2.37. The molecule has 0 atom stereocenters. The molecule has 1 amide bonds. The van der Waals surface area contributed by atoms with Crippen molar-refractivity contribution in [3.8, 4) is 0 Å². The number of nitrogens with two attached hydrogens (primary N) is 1. The number of hydrogen-bond donors (Lipinski definition) is 1. The Balaban J connectivity index is 2.26. The highest BCUT2D eigenvalue weighted by atomic mass is 16.2. The Morgan fingerprint density at radius 3 is 2.62 bits per heavy atom. The Hall–Kier alpha value is -2.30. The van der Waals surface area contributed by atoms with Gasteiger partial charge in [-0.2, -0.15) is 5.10 Å². The Bertz CT molecular complexity index is 660. The van der Waals surface area contributed by atoms with E-state index in [4.69, 9.17) is 5.73 Å². The number of aryl methyl sites for hydroxylation is 3. The lowest BCUT2D eigenvalue weighted by Gasteiger charge is -2.19. The van der Waals surface area contributed by atoms with Crippen LogP contribution >= 0.6 is 0 Å². The average Bonchev–Trinajstić information content (AvgIpc) is 2.76. The molecule has 1 heterocycles. The molecule has 2 N–H and O–H groups in total. The van der Waals surface area contributed by atoms with Crippen LogP contribution in [0.15, 0.2) is 24.3 Å². The van der Waals surface area contributed by atoms with Gasteiger partial charge in [0.25, 0.3) is 5.91 Å². The third kappa shape index (κ3) is 2.91. The number of rotatable bonds is 4. The molecule has 0 spiro atoms. The lowest BCUT2D eigenvalue weighted by molar-refractivity contribution is 0.0773. The maximum absolute atomic E-state index is 12.7. The molecule has 21 heavy (non-hydrogen) atoms. The lowest BCUT2D eigenvalue weighted by atomic mass is 10.1. The SMILES string of the molecule is CCn1nc(C)c(N)c1C(=O)N(C)Cc1ccccc1C. The Morgan fingerprint density at radius 1 is 1.33 bits per heavy atom. The van der Waals surface area contributed by atoms with Crippen LogP contribution in [0.2, 0.25) is 0 Å². The topological polar surface area (TPSA) is 64.2 Å². The van der Waals surface area contributed by atoms with Gasteiger partial charge in [-0.15, -0.1) is 0 Å². The minimum absolute atomic E-state index is 0.0989. The Morgan fingerprint density at radius 2 is 2.00 bits per heavy atom. The number of aromatic nitrogens is 2. The minimum atomic E-state index is -0.0989. The van der Waals surface area contributed by atoms with Crippen molar-refractivity contribution in [1.82, 2.24) is 14.7 Å². The molecular weight excluding hydrogens is 264 g/mol. The number of benzene rings is 1. The van der Waals surface area contributed by atoms with Crippen molar-refractivity contribution in [3.63, 3.8) is 0 Å². The fraction of sp³-hybridized carbons (Fsp3) is 0.375. The minimum Gasteiger partial charge on any atom is -0.395 e. The molecule has 0 saturated heterocycles. The van der Waals surface area contributed by atoms with E-state index in [2.05, 4.69) is 5.10 Å². The van der Waals surface area contributed by atoms with Crippen LogP contribution in [0.4, 0.5) is 5.69 Å². The van der Waals surface area contributed by atoms with Gasteiger partial charge >= 0.3 is 0 Å². The zero-order valence-electron chi connectivity index (χ0n) is 13.1. The summed E-state index contributed by atoms with van der Waals surface area (Å²) in [5, 5.41) is 4.30. The quantitative estimate of drug-likeness (QED) is 0.938. The smallest absolute Gasteiger partial charge is 0.274 e. The third-order valence-electron chi connectivity index (χ3n) is 3.69. The second kappa shape index (κ2) is 5.99. The molecule has 0 saturated carbocycles. The summed E-state index contributed by atoms with van der Waals surface area (Å²) in [6, 6.07) is 8.05. The molecule has 1 aromatic carbocycles. The summed E-state index contributed by atoms with van der Waals surface area (Å²) in [6.07, 6.45) is 0. The van der Waals surface area contributed by atoms with Gasteiger partial charge in [-0.25, -0.2) is 0 Å². The molecule has 2 aromatic rings. The first-order valence-electron chi connectivity index (χ1n) is 7.08. The number of nitrogen functional groups attached to an aromatic ring is 1. The van der Waals surface area contributed by atoms with E-state index in [1.165, 1.54) is 5.56 Å². The van der Waals surface area contributed by atoms with Crippen molar-refractivity contribution >= 4 is 11.6 Å². The molecule has 2 rings (SSSR count). The third-order valence-corrected chi connectivity index (χ3v) is 3.69. The van der Waals surface area contributed by atoms with Gasteiger partial charge in [-0.1, -0.05) is 24.3 Å². The summed E-state index contributed by atoms with van der Waals surface area (Å²) in [6.45, 7) is 6.99. The lowest BCUT2D eigenvalue weighted by Crippen LogP contribution is -2.29. The number of carbonyl (C=O) groups excluding carboxylic acids is 1. The van der Waals surface area contributed by atoms with Crippen molar-refractivity contribution in [2.45, 2.75) is 33.9 Å². The van der Waals surface area contributed by atoms with Gasteiger partial charge in [0.15, 0.2) is 0 Å². The number of carbonyl (C=O) groups is 1. The van der Waals surface area contributed by atoms with Gasteiger partial charge in [0, 0.05) is 20.1 Å². The molecule has 1 aromatic heterocycles. The highest BCUT2D eigenvalue weighted by molar-refractivity contribution is 5.97. The van der Waals surface area contributed by atoms with Crippen molar-refractivity contribution < 1.29 is 4.79 Å². The van der Waals surface area contributed by atoms with E-state index >= 15 is 0 Å². The molecule has 5 nitrogen and oxygen atoms in total. The summed E-state index contributed by atoms with van der Waals surface area (Å²) in [4.78, 5) is 14.3. The largest absolute Gasteiger partial charge is 0.395 e. The standard InChI is InChI=1S/C16H22N4O/c1-5-20-15(14(17)12(3)18-20)16(21)19(4)10-13-9-7-6-8-11(13)2/h6-9H,5,10,17H2,1-4H3. The molecule has 112 valence electrons. The van der Waals surface area contributed by atoms with Gasteiger partial charge in [0.1, 0.15) is 5.69 Å². The number of nitrogens with zero attached hydrogens (tertiary/aromatic N) is 3. The molecule has 0 bridgehead atoms. The first-order chi connectivity index (χ1) is 9.95. The van der Waals surface area contributed by atoms with Gasteiger partial charge in [0.2, 0.25) is 0 Å². The van der Waals surface area contributed by atoms with Crippen molar-refractivity contribution in [2.24, 2.45) is 0 Å². The van der Waals surface area contributed by atoms with E-state index in [9.17, 15) is 4.79 Å². The zero-order valence-corrected chi connectivity index (χ0v) is 13.1. The van der Waals surface area contributed by atoms with E-state index in [1.54, 1.807) is 16.6 Å². The van der Waals surface area contributed by atoms with E-state index in [0.29, 0.717) is 30.2 Å². The predicted molar refractivity (Wildman–Crippen MR) is 84.0 cm³/mol. The summed E-state index contributed by atoms with van der Waals surface area (Å²) in [7, 11) is 1.79. The van der Waals surface area contributed by atoms with Crippen LogP contribution in [-0.2, 0) is 13.1 Å². The van der Waals surface area contributed by atoms with Crippen LogP contribution in [0.25, 0.3) is 0 Å². The number of amides is 1. The zero-order chi connectivity index (χ0) is 15.6. The number of anilines is 1. The summed E-state index contributed by atoms with van der Waals surface area (Å²) in [5.74, 6) is -0.0989. The molecule has 0 aliphatic heterocycles. The van der Waals surface area contributed by atoms with Gasteiger partial charge in [0.05, 0.1) is 11.4 Å². The number of hydrogen-bond acceptors (Lipinski definition) is 3. The second-order valence-corrected chi connectivity index (χ2v) is 5.25. The van der Waals surface area contributed by atoms with E-state index in [1.807, 2.05) is 45.0 Å². The normalized spacial score (nSPS) is 10.7. The van der Waals surface area contributed by atoms with Crippen molar-refractivity contribution in [1.29, 1.82) is 0 Å². The summed E-state index contributed by atoms with van der Waals surface area (Å²) in [5.41, 5.74) is 9.96. The maximum Gasteiger partial charge on any atom is 0.274 e. The summed E-state index contributed by atoms with van der Waals surface area (Å²) >= 11 is 0. The van der Waals surface area contributed by atoms with Gasteiger partial charge in [-0.05, 0) is 31.9 Å². The van der Waals surface area contributed by atoms with E-state index in [-0.39, 0.29) is 5.91 Å². The van der Waals surface area contributed by atoms with Gasteiger partial charge in [-0.3, -0.25) is 9.48 Å². The van der Waals surface area contributed by atoms with Gasteiger partial charge < -0.3 is 10.6 Å². The molecule has 0 unspecified atom stereocenters. The molecule has 0 aliphatic carbocycles. The Labute approximate surface area is 125 Å². The van der Waals surface area contributed by atoms with Crippen LogP contribution < -0.4 is 5.73 Å². The molecule has 5 heteroatoms. The molecular formula is C16H22N4O. The highest BCUT2D eigenvalue weighted by Gasteiger charge is 2.22. The van der Waals surface area contributed by atoms with Crippen molar-refractivity contribution in [2.75, 3.05) is 12.8 Å². The first-order valence-corrected chi connectivity index (χ1v) is 7.08. The molecule has 0 radical (unpaired) electrons. The molecule has 0 aliphatic rings. The van der Waals surface area contributed by atoms with E-state index < -0.39 is 0 Å². The van der Waals surface area contributed by atoms with Crippen LogP contribution in [0, 0.1) is 13.8 Å². The molecule has 0 fully saturated rings. The highest BCUT2D eigenvalue weighted by Crippen LogP contribution is 2.19. The van der Waals surface area contributed by atoms with E-state index in [0.717, 1.165) is 5.56 Å². The van der Waals surface area contributed by atoms with Crippen LogP contribution in [0.1, 0.15) is 34.2 Å². The van der Waals surface area contributed by atoms with Crippen LogP contribution in [0.3, 0.4) is 0 Å². The average molecular weight is 286 g/mol. The fourth-order valence-corrected chi connectivity index (χ4v) is 2.35. The Kier molecular flexibility index (Phi) is 4.31. The fourth-order valence-electron chi connectivity index (χ4n) is 2.35.